The third kappa shape index (κ3) is 2.38. The van der Waals surface area contributed by atoms with E-state index in [1.54, 1.807) is 0 Å². The Hall–Kier alpha value is -1.31. The van der Waals surface area contributed by atoms with E-state index in [1.165, 1.54) is 24.0 Å². The monoisotopic (exact) mass is 203 g/mol. The normalized spacial score (nSPS) is 19.2. The molecule has 2 rings (SSSR count). The van der Waals surface area contributed by atoms with Crippen molar-refractivity contribution in [2.75, 3.05) is 0 Å². The van der Waals surface area contributed by atoms with E-state index in [1.807, 2.05) is 13.8 Å². The molecule has 2 nitrogen and oxygen atoms in total. The molecule has 0 spiro atoms. The van der Waals surface area contributed by atoms with Crippen molar-refractivity contribution in [1.82, 2.24) is 0 Å². The highest BCUT2D eigenvalue weighted by molar-refractivity contribution is 5.78. The lowest BCUT2D eigenvalue weighted by molar-refractivity contribution is 0.0457. The fourth-order valence-electron chi connectivity index (χ4n) is 1.99. The van der Waals surface area contributed by atoms with Gasteiger partial charge in [-0.25, -0.2) is 0 Å². The van der Waals surface area contributed by atoms with Crippen LogP contribution in [0.15, 0.2) is 29.4 Å². The number of aryl methyl sites for hydroxylation is 1. The minimum Gasteiger partial charge on any atom is -0.388 e. The summed E-state index contributed by atoms with van der Waals surface area (Å²) in [5, 5.41) is 4.06. The summed E-state index contributed by atoms with van der Waals surface area (Å²) in [5.74, 6) is 0. The molecule has 0 radical (unpaired) electrons. The van der Waals surface area contributed by atoms with Crippen LogP contribution in [0, 0.1) is 0 Å². The van der Waals surface area contributed by atoms with Gasteiger partial charge in [0, 0.05) is 0 Å². The number of benzene rings is 1. The van der Waals surface area contributed by atoms with Gasteiger partial charge >= 0.3 is 0 Å². The zero-order valence-electron chi connectivity index (χ0n) is 9.36. The van der Waals surface area contributed by atoms with Crippen LogP contribution in [0.5, 0.6) is 0 Å². The predicted molar refractivity (Wildman–Crippen MR) is 62.0 cm³/mol. The fraction of sp³-hybridized carbons (Fsp3) is 0.462. The van der Waals surface area contributed by atoms with Gasteiger partial charge in [-0.1, -0.05) is 29.4 Å². The van der Waals surface area contributed by atoms with E-state index in [2.05, 4.69) is 29.4 Å². The van der Waals surface area contributed by atoms with Gasteiger partial charge in [0.1, 0.15) is 0 Å². The highest BCUT2D eigenvalue weighted by Gasteiger charge is 2.20. The molecule has 0 aliphatic heterocycles. The maximum atomic E-state index is 5.56. The summed E-state index contributed by atoms with van der Waals surface area (Å²) in [4.78, 5) is 5.56. The molecule has 1 aliphatic carbocycles. The van der Waals surface area contributed by atoms with E-state index in [0.717, 1.165) is 12.1 Å². The molecule has 0 N–H and O–H groups in total. The molecule has 80 valence electrons. The van der Waals surface area contributed by atoms with Crippen LogP contribution in [0.2, 0.25) is 0 Å². The number of fused-ring (bicyclic) bond motifs is 1. The zero-order valence-corrected chi connectivity index (χ0v) is 9.36. The van der Waals surface area contributed by atoms with Crippen molar-refractivity contribution in [1.29, 1.82) is 0 Å². The van der Waals surface area contributed by atoms with Gasteiger partial charge in [0.05, 0.1) is 5.71 Å². The van der Waals surface area contributed by atoms with Crippen LogP contribution in [-0.4, -0.2) is 5.71 Å². The Morgan fingerprint density at radius 1 is 1.33 bits per heavy atom. The Morgan fingerprint density at radius 2 is 2.13 bits per heavy atom. The minimum absolute atomic E-state index is 0.157. The van der Waals surface area contributed by atoms with Crippen molar-refractivity contribution in [2.45, 2.75) is 39.2 Å². The maximum Gasteiger partial charge on any atom is 0.152 e. The minimum atomic E-state index is 0.157. The van der Waals surface area contributed by atoms with Crippen LogP contribution in [0.1, 0.15) is 43.9 Å². The molecule has 2 heteroatoms. The lowest BCUT2D eigenvalue weighted by Crippen LogP contribution is -2.11. The van der Waals surface area contributed by atoms with Gasteiger partial charge in [0.15, 0.2) is 6.10 Å². The Kier molecular flexibility index (Phi) is 3.05. The van der Waals surface area contributed by atoms with Crippen molar-refractivity contribution >= 4 is 5.71 Å². The fourth-order valence-corrected chi connectivity index (χ4v) is 1.99. The molecule has 0 amide bonds. The molecular weight excluding hydrogens is 186 g/mol. The number of rotatable bonds is 2. The van der Waals surface area contributed by atoms with Gasteiger partial charge in [-0.05, 0) is 44.2 Å². The van der Waals surface area contributed by atoms with E-state index in [9.17, 15) is 0 Å². The summed E-state index contributed by atoms with van der Waals surface area (Å²) < 4.78 is 0. The van der Waals surface area contributed by atoms with Crippen LogP contribution < -0.4 is 0 Å². The highest BCUT2D eigenvalue weighted by atomic mass is 16.6. The van der Waals surface area contributed by atoms with Gasteiger partial charge in [0.25, 0.3) is 0 Å². The van der Waals surface area contributed by atoms with Crippen LogP contribution in [0.4, 0.5) is 0 Å². The third-order valence-corrected chi connectivity index (χ3v) is 2.68. The van der Waals surface area contributed by atoms with Crippen molar-refractivity contribution in [2.24, 2.45) is 5.16 Å². The molecular formula is C13H17NO. The molecule has 0 saturated carbocycles. The molecule has 1 aromatic rings. The van der Waals surface area contributed by atoms with E-state index < -0.39 is 0 Å². The first-order valence-corrected chi connectivity index (χ1v) is 5.52. The first-order chi connectivity index (χ1) is 7.27. The Morgan fingerprint density at radius 3 is 2.93 bits per heavy atom. The number of oxime groups is 1. The first kappa shape index (κ1) is 10.2. The van der Waals surface area contributed by atoms with E-state index >= 15 is 0 Å². The maximum absolute atomic E-state index is 5.56. The SMILES string of the molecule is CC(C)=NOC1CCCc2ccccc21. The van der Waals surface area contributed by atoms with Crippen molar-refractivity contribution < 1.29 is 4.84 Å². The summed E-state index contributed by atoms with van der Waals surface area (Å²) in [5.41, 5.74) is 3.70. The van der Waals surface area contributed by atoms with Gasteiger partial charge in [-0.3, -0.25) is 0 Å². The Labute approximate surface area is 90.9 Å². The van der Waals surface area contributed by atoms with Gasteiger partial charge < -0.3 is 4.84 Å². The standard InChI is InChI=1S/C13H17NO/c1-10(2)14-15-13-9-5-7-11-6-3-4-8-12(11)13/h3-4,6,8,13H,5,7,9H2,1-2H3. The molecule has 1 aliphatic rings. The molecule has 0 heterocycles. The lowest BCUT2D eigenvalue weighted by atomic mass is 9.90. The summed E-state index contributed by atoms with van der Waals surface area (Å²) >= 11 is 0. The van der Waals surface area contributed by atoms with Crippen LogP contribution in [0.3, 0.4) is 0 Å². The largest absolute Gasteiger partial charge is 0.388 e. The smallest absolute Gasteiger partial charge is 0.152 e. The molecule has 1 unspecified atom stereocenters. The molecule has 15 heavy (non-hydrogen) atoms. The average molecular weight is 203 g/mol. The quantitative estimate of drug-likeness (QED) is 0.532. The molecule has 0 aromatic heterocycles. The lowest BCUT2D eigenvalue weighted by Gasteiger charge is -2.23. The molecule has 0 saturated heterocycles. The highest BCUT2D eigenvalue weighted by Crippen LogP contribution is 2.32. The zero-order chi connectivity index (χ0) is 10.7. The molecule has 1 aromatic carbocycles. The van der Waals surface area contributed by atoms with Crippen molar-refractivity contribution in [3.63, 3.8) is 0 Å². The van der Waals surface area contributed by atoms with Crippen LogP contribution in [0.25, 0.3) is 0 Å². The first-order valence-electron chi connectivity index (χ1n) is 5.52. The van der Waals surface area contributed by atoms with Crippen LogP contribution in [-0.2, 0) is 11.3 Å². The van der Waals surface area contributed by atoms with Crippen molar-refractivity contribution in [3.8, 4) is 0 Å². The average Bonchev–Trinajstić information content (AvgIpc) is 2.26. The Bertz CT molecular complexity index is 367. The van der Waals surface area contributed by atoms with Gasteiger partial charge in [0.2, 0.25) is 0 Å². The van der Waals surface area contributed by atoms with E-state index in [4.69, 9.17) is 4.84 Å². The summed E-state index contributed by atoms with van der Waals surface area (Å²) in [6.45, 7) is 3.91. The number of nitrogens with zero attached hydrogens (tertiary/aromatic N) is 1. The second kappa shape index (κ2) is 4.47. The third-order valence-electron chi connectivity index (χ3n) is 2.68. The van der Waals surface area contributed by atoms with Crippen LogP contribution >= 0.6 is 0 Å². The summed E-state index contributed by atoms with van der Waals surface area (Å²) in [6, 6.07) is 8.51. The second-order valence-corrected chi connectivity index (χ2v) is 4.22. The summed E-state index contributed by atoms with van der Waals surface area (Å²) in [6.07, 6.45) is 3.60. The second-order valence-electron chi connectivity index (χ2n) is 4.22. The topological polar surface area (TPSA) is 21.6 Å². The molecule has 0 fully saturated rings. The number of hydrogen-bond donors (Lipinski definition) is 0. The van der Waals surface area contributed by atoms with E-state index in [-0.39, 0.29) is 6.10 Å². The van der Waals surface area contributed by atoms with Gasteiger partial charge in [-0.15, -0.1) is 0 Å². The summed E-state index contributed by atoms with van der Waals surface area (Å²) in [7, 11) is 0. The van der Waals surface area contributed by atoms with E-state index in [0.29, 0.717) is 0 Å². The van der Waals surface area contributed by atoms with Gasteiger partial charge in [-0.2, -0.15) is 0 Å². The van der Waals surface area contributed by atoms with Crippen molar-refractivity contribution in [3.05, 3.63) is 35.4 Å². The molecule has 0 bridgehead atoms. The number of hydrogen-bond acceptors (Lipinski definition) is 2. The molecule has 1 atom stereocenters. The Balaban J connectivity index is 2.19. The predicted octanol–water partition coefficient (Wildman–Crippen LogP) is 3.48.